The number of benzene rings is 2. The number of anilines is 1. The van der Waals surface area contributed by atoms with E-state index in [1.165, 1.54) is 17.4 Å². The first-order valence-corrected chi connectivity index (χ1v) is 9.49. The van der Waals surface area contributed by atoms with Gasteiger partial charge in [-0.15, -0.1) is 23.1 Å². The molecule has 3 rings (SSSR count). The van der Waals surface area contributed by atoms with Gasteiger partial charge >= 0.3 is 0 Å². The average Bonchev–Trinajstić information content (AvgIpc) is 3.06. The fourth-order valence-electron chi connectivity index (χ4n) is 2.21. The number of rotatable bonds is 5. The molecule has 3 aromatic rings. The molecule has 128 valence electrons. The summed E-state index contributed by atoms with van der Waals surface area (Å²) >= 11 is 2.88. The second-order valence-corrected chi connectivity index (χ2v) is 6.98. The van der Waals surface area contributed by atoms with Crippen LogP contribution in [0, 0.1) is 11.6 Å². The highest BCUT2D eigenvalue weighted by molar-refractivity contribution is 7.98. The quantitative estimate of drug-likeness (QED) is 0.638. The topological polar surface area (TPSA) is 42.0 Å². The van der Waals surface area contributed by atoms with Crippen molar-refractivity contribution in [3.8, 4) is 11.3 Å². The summed E-state index contributed by atoms with van der Waals surface area (Å²) in [6, 6.07) is 11.4. The molecule has 1 N–H and O–H groups in total. The Balaban J connectivity index is 1.65. The van der Waals surface area contributed by atoms with Gasteiger partial charge in [0.2, 0.25) is 5.91 Å². The fraction of sp³-hybridized carbons (Fsp3) is 0.111. The van der Waals surface area contributed by atoms with Crippen LogP contribution in [-0.2, 0) is 11.2 Å². The molecule has 0 bridgehead atoms. The molecular weight excluding hydrogens is 362 g/mol. The highest BCUT2D eigenvalue weighted by atomic mass is 32.2. The molecule has 2 aromatic carbocycles. The third kappa shape index (κ3) is 4.43. The number of amides is 1. The maximum absolute atomic E-state index is 13.3. The molecule has 0 aliphatic heterocycles. The molecule has 1 amide bonds. The number of hydrogen-bond donors (Lipinski definition) is 1. The van der Waals surface area contributed by atoms with Crippen LogP contribution in [0.15, 0.2) is 52.7 Å². The van der Waals surface area contributed by atoms with E-state index in [-0.39, 0.29) is 12.3 Å². The lowest BCUT2D eigenvalue weighted by Gasteiger charge is -2.03. The van der Waals surface area contributed by atoms with Gasteiger partial charge in [-0.2, -0.15) is 0 Å². The van der Waals surface area contributed by atoms with Crippen LogP contribution in [0.3, 0.4) is 0 Å². The zero-order chi connectivity index (χ0) is 17.8. The molecule has 0 saturated carbocycles. The van der Waals surface area contributed by atoms with Crippen molar-refractivity contribution in [2.24, 2.45) is 0 Å². The van der Waals surface area contributed by atoms with E-state index in [2.05, 4.69) is 10.3 Å². The van der Waals surface area contributed by atoms with Crippen molar-refractivity contribution in [2.45, 2.75) is 11.3 Å². The van der Waals surface area contributed by atoms with Crippen LogP contribution in [-0.4, -0.2) is 17.1 Å². The Labute approximate surface area is 152 Å². The van der Waals surface area contributed by atoms with Crippen LogP contribution < -0.4 is 5.32 Å². The van der Waals surface area contributed by atoms with E-state index in [0.29, 0.717) is 16.4 Å². The number of carbonyl (C=O) groups excluding carboxylic acids is 1. The lowest BCUT2D eigenvalue weighted by molar-refractivity contribution is -0.115. The normalized spacial score (nSPS) is 10.7. The van der Waals surface area contributed by atoms with Gasteiger partial charge in [-0.05, 0) is 42.2 Å². The van der Waals surface area contributed by atoms with Gasteiger partial charge in [0.25, 0.3) is 0 Å². The Hall–Kier alpha value is -2.25. The summed E-state index contributed by atoms with van der Waals surface area (Å²) in [6.07, 6.45) is 2.24. The van der Waals surface area contributed by atoms with Crippen molar-refractivity contribution in [3.05, 3.63) is 65.0 Å². The number of halogens is 2. The Morgan fingerprint density at radius 1 is 1.16 bits per heavy atom. The summed E-state index contributed by atoms with van der Waals surface area (Å²) in [4.78, 5) is 17.5. The van der Waals surface area contributed by atoms with Crippen LogP contribution in [0.2, 0.25) is 0 Å². The highest BCUT2D eigenvalue weighted by Gasteiger charge is 2.11. The Bertz CT molecular complexity index is 894. The Morgan fingerprint density at radius 2 is 1.92 bits per heavy atom. The minimum atomic E-state index is -0.926. The number of thioether (sulfide) groups is 1. The van der Waals surface area contributed by atoms with Gasteiger partial charge < -0.3 is 5.32 Å². The first-order chi connectivity index (χ1) is 12.0. The third-order valence-electron chi connectivity index (χ3n) is 3.49. The van der Waals surface area contributed by atoms with Gasteiger partial charge in [-0.3, -0.25) is 4.79 Å². The molecule has 0 aliphatic carbocycles. The number of carbonyl (C=O) groups is 1. The first kappa shape index (κ1) is 17.6. The van der Waals surface area contributed by atoms with Gasteiger partial charge in [0.05, 0.1) is 12.1 Å². The van der Waals surface area contributed by atoms with E-state index in [1.54, 1.807) is 17.1 Å². The predicted molar refractivity (Wildman–Crippen MR) is 98.0 cm³/mol. The van der Waals surface area contributed by atoms with Gasteiger partial charge in [0, 0.05) is 15.8 Å². The van der Waals surface area contributed by atoms with Crippen molar-refractivity contribution in [1.29, 1.82) is 0 Å². The number of aromatic nitrogens is 1. The minimum Gasteiger partial charge on any atom is -0.302 e. The van der Waals surface area contributed by atoms with Gasteiger partial charge in [-0.1, -0.05) is 12.1 Å². The second-order valence-electron chi connectivity index (χ2n) is 5.24. The monoisotopic (exact) mass is 376 g/mol. The minimum absolute atomic E-state index is 0.178. The van der Waals surface area contributed by atoms with Gasteiger partial charge in [0.15, 0.2) is 16.8 Å². The molecule has 1 aromatic heterocycles. The summed E-state index contributed by atoms with van der Waals surface area (Å²) in [5.74, 6) is -2.01. The molecular formula is C18H14F2N2OS2. The molecule has 25 heavy (non-hydrogen) atoms. The molecule has 0 spiro atoms. The maximum atomic E-state index is 13.3. The van der Waals surface area contributed by atoms with Crippen LogP contribution in [0.5, 0.6) is 0 Å². The molecule has 7 heteroatoms. The molecule has 0 unspecified atom stereocenters. The molecule has 0 saturated heterocycles. The number of nitrogens with one attached hydrogen (secondary N) is 1. The largest absolute Gasteiger partial charge is 0.302 e. The lowest BCUT2D eigenvalue weighted by atomic mass is 10.1. The number of hydrogen-bond acceptors (Lipinski definition) is 4. The summed E-state index contributed by atoms with van der Waals surface area (Å²) in [5.41, 5.74) is 1.86. The number of thiazole rings is 1. The van der Waals surface area contributed by atoms with Crippen molar-refractivity contribution in [1.82, 2.24) is 4.98 Å². The molecule has 3 nitrogen and oxygen atoms in total. The van der Waals surface area contributed by atoms with Crippen LogP contribution in [0.4, 0.5) is 13.9 Å². The third-order valence-corrected chi connectivity index (χ3v) is 4.99. The zero-order valence-electron chi connectivity index (χ0n) is 13.3. The second kappa shape index (κ2) is 7.76. The smallest absolute Gasteiger partial charge is 0.230 e. The maximum Gasteiger partial charge on any atom is 0.230 e. The Morgan fingerprint density at radius 3 is 2.60 bits per heavy atom. The van der Waals surface area contributed by atoms with Crippen molar-refractivity contribution < 1.29 is 13.6 Å². The van der Waals surface area contributed by atoms with E-state index in [4.69, 9.17) is 0 Å². The van der Waals surface area contributed by atoms with Gasteiger partial charge in [0.1, 0.15) is 0 Å². The zero-order valence-corrected chi connectivity index (χ0v) is 14.9. The molecule has 0 radical (unpaired) electrons. The predicted octanol–water partition coefficient (Wildman–Crippen LogP) is 4.99. The SMILES string of the molecule is CSc1ccc(CC(=O)Nc2nc(-c3ccc(F)c(F)c3)cs2)cc1. The summed E-state index contributed by atoms with van der Waals surface area (Å²) < 4.78 is 26.3. The summed E-state index contributed by atoms with van der Waals surface area (Å²) in [7, 11) is 0. The Kier molecular flexibility index (Phi) is 5.45. The standard InChI is InChI=1S/C18H14F2N2OS2/c1-24-13-5-2-11(3-6-13)8-17(23)22-18-21-16(10-25-18)12-4-7-14(19)15(20)9-12/h2-7,9-10H,8H2,1H3,(H,21,22,23). The summed E-state index contributed by atoms with van der Waals surface area (Å²) in [5, 5.41) is 4.84. The van der Waals surface area contributed by atoms with Crippen LogP contribution in [0.25, 0.3) is 11.3 Å². The highest BCUT2D eigenvalue weighted by Crippen LogP contribution is 2.26. The molecule has 1 heterocycles. The lowest BCUT2D eigenvalue weighted by Crippen LogP contribution is -2.14. The van der Waals surface area contributed by atoms with E-state index >= 15 is 0 Å². The van der Waals surface area contributed by atoms with Crippen molar-refractivity contribution >= 4 is 34.1 Å². The van der Waals surface area contributed by atoms with Crippen LogP contribution in [0.1, 0.15) is 5.56 Å². The molecule has 0 atom stereocenters. The average molecular weight is 376 g/mol. The first-order valence-electron chi connectivity index (χ1n) is 7.39. The van der Waals surface area contributed by atoms with E-state index in [0.717, 1.165) is 22.6 Å². The van der Waals surface area contributed by atoms with Crippen molar-refractivity contribution in [3.63, 3.8) is 0 Å². The van der Waals surface area contributed by atoms with E-state index in [9.17, 15) is 13.6 Å². The fourth-order valence-corrected chi connectivity index (χ4v) is 3.36. The van der Waals surface area contributed by atoms with E-state index < -0.39 is 11.6 Å². The number of nitrogens with zero attached hydrogens (tertiary/aromatic N) is 1. The van der Waals surface area contributed by atoms with E-state index in [1.807, 2.05) is 30.5 Å². The van der Waals surface area contributed by atoms with Gasteiger partial charge in [-0.25, -0.2) is 13.8 Å². The van der Waals surface area contributed by atoms with Crippen molar-refractivity contribution in [2.75, 3.05) is 11.6 Å². The molecule has 0 aliphatic rings. The van der Waals surface area contributed by atoms with Crippen LogP contribution >= 0.6 is 23.1 Å². The molecule has 0 fully saturated rings. The summed E-state index contributed by atoms with van der Waals surface area (Å²) in [6.45, 7) is 0.